The Labute approximate surface area is 200 Å². The summed E-state index contributed by atoms with van der Waals surface area (Å²) in [7, 11) is 0. The van der Waals surface area contributed by atoms with E-state index < -0.39 is 23.1 Å². The highest BCUT2D eigenvalue weighted by Gasteiger charge is 2.38. The number of alkyl halides is 3. The van der Waals surface area contributed by atoms with Gasteiger partial charge in [0, 0.05) is 30.9 Å². The van der Waals surface area contributed by atoms with E-state index in [1.807, 2.05) is 13.0 Å². The van der Waals surface area contributed by atoms with Gasteiger partial charge in [0.15, 0.2) is 11.6 Å². The van der Waals surface area contributed by atoms with E-state index in [9.17, 15) is 18.0 Å². The number of fused-ring (bicyclic) bond motifs is 3. The predicted molar refractivity (Wildman–Crippen MR) is 124 cm³/mol. The molecule has 5 heterocycles. The van der Waals surface area contributed by atoms with E-state index in [2.05, 4.69) is 25.3 Å². The number of pyridine rings is 1. The van der Waals surface area contributed by atoms with Gasteiger partial charge in [0.1, 0.15) is 11.3 Å². The Balaban J connectivity index is 1.61. The van der Waals surface area contributed by atoms with Gasteiger partial charge in [0.25, 0.3) is 0 Å². The SMILES string of the molecule is Cc1cc2c(N3CC4CCC(C3)O4)nc(-c3cnc(NC(=O)C(C)(C)C)cc3C(F)(F)F)nn2c1. The summed E-state index contributed by atoms with van der Waals surface area (Å²) >= 11 is 0. The lowest BCUT2D eigenvalue weighted by Crippen LogP contribution is -2.43. The molecule has 2 unspecified atom stereocenters. The Bertz CT molecular complexity index is 1280. The van der Waals surface area contributed by atoms with Crippen LogP contribution in [0, 0.1) is 12.3 Å². The second-order valence-electron chi connectivity index (χ2n) is 10.3. The van der Waals surface area contributed by atoms with Gasteiger partial charge in [0.05, 0.1) is 23.3 Å². The maximum absolute atomic E-state index is 14.1. The highest BCUT2D eigenvalue weighted by molar-refractivity contribution is 5.94. The first-order valence-electron chi connectivity index (χ1n) is 11.5. The Hall–Kier alpha value is -3.21. The number of nitrogens with zero attached hydrogens (tertiary/aromatic N) is 5. The van der Waals surface area contributed by atoms with Gasteiger partial charge in [-0.3, -0.25) is 4.79 Å². The van der Waals surface area contributed by atoms with Crippen LogP contribution in [0.15, 0.2) is 24.5 Å². The fourth-order valence-corrected chi connectivity index (χ4v) is 4.49. The van der Waals surface area contributed by atoms with Crippen molar-refractivity contribution in [2.75, 3.05) is 23.3 Å². The van der Waals surface area contributed by atoms with Crippen LogP contribution in [0.25, 0.3) is 16.9 Å². The number of nitrogens with one attached hydrogen (secondary N) is 1. The maximum atomic E-state index is 14.1. The van der Waals surface area contributed by atoms with E-state index >= 15 is 0 Å². The van der Waals surface area contributed by atoms with Gasteiger partial charge >= 0.3 is 6.18 Å². The van der Waals surface area contributed by atoms with E-state index in [1.54, 1.807) is 31.5 Å². The summed E-state index contributed by atoms with van der Waals surface area (Å²) in [6.07, 6.45) is 0.215. The van der Waals surface area contributed by atoms with Crippen molar-refractivity contribution in [3.63, 3.8) is 0 Å². The molecule has 0 spiro atoms. The molecule has 2 fully saturated rings. The first-order valence-corrected chi connectivity index (χ1v) is 11.5. The number of carbonyl (C=O) groups is 1. The Morgan fingerprint density at radius 1 is 1.14 bits per heavy atom. The topological polar surface area (TPSA) is 84.6 Å². The number of hydrogen-bond donors (Lipinski definition) is 1. The maximum Gasteiger partial charge on any atom is 0.417 e. The predicted octanol–water partition coefficient (Wildman–Crippen LogP) is 4.47. The van der Waals surface area contributed by atoms with Crippen molar-refractivity contribution in [3.8, 4) is 11.4 Å². The third kappa shape index (κ3) is 4.56. The van der Waals surface area contributed by atoms with E-state index in [0.29, 0.717) is 18.9 Å². The quantitative estimate of drug-likeness (QED) is 0.586. The minimum atomic E-state index is -4.71. The second kappa shape index (κ2) is 8.18. The highest BCUT2D eigenvalue weighted by Crippen LogP contribution is 2.38. The van der Waals surface area contributed by atoms with Crippen molar-refractivity contribution in [1.29, 1.82) is 0 Å². The molecule has 3 aromatic heterocycles. The van der Waals surface area contributed by atoms with Crippen LogP contribution in [-0.2, 0) is 15.7 Å². The summed E-state index contributed by atoms with van der Waals surface area (Å²) in [5, 5.41) is 6.87. The number of aromatic nitrogens is 4. The number of anilines is 2. The summed E-state index contributed by atoms with van der Waals surface area (Å²) in [4.78, 5) is 23.1. The molecule has 0 aromatic carbocycles. The van der Waals surface area contributed by atoms with Crippen molar-refractivity contribution in [1.82, 2.24) is 19.6 Å². The van der Waals surface area contributed by atoms with E-state index in [-0.39, 0.29) is 29.4 Å². The van der Waals surface area contributed by atoms with E-state index in [1.165, 1.54) is 0 Å². The van der Waals surface area contributed by atoms with E-state index in [4.69, 9.17) is 4.74 Å². The smallest absolute Gasteiger partial charge is 0.371 e. The van der Waals surface area contributed by atoms with Gasteiger partial charge in [-0.05, 0) is 37.5 Å². The van der Waals surface area contributed by atoms with Crippen LogP contribution in [0.3, 0.4) is 0 Å². The monoisotopic (exact) mass is 488 g/mol. The summed E-state index contributed by atoms with van der Waals surface area (Å²) in [5.41, 5.74) is -0.359. The molecule has 2 atom stereocenters. The molecule has 3 aromatic rings. The summed E-state index contributed by atoms with van der Waals surface area (Å²) in [5.74, 6) is -0.128. The zero-order valence-corrected chi connectivity index (χ0v) is 20.0. The molecule has 2 bridgehead atoms. The Morgan fingerprint density at radius 3 is 2.46 bits per heavy atom. The molecule has 8 nitrogen and oxygen atoms in total. The van der Waals surface area contributed by atoms with Crippen LogP contribution < -0.4 is 10.2 Å². The standard InChI is InChI=1S/C24H27F3N6O2/c1-13-7-18-21(32-11-14-5-6-15(12-32)35-14)30-20(31-33(18)10-13)16-9-28-19(8-17(16)24(25,26)27)29-22(34)23(2,3)4/h7-10,14-15H,5-6,11-12H2,1-4H3,(H,28,29,34). The normalized spacial score (nSPS) is 20.5. The molecule has 2 saturated heterocycles. The molecule has 0 radical (unpaired) electrons. The fourth-order valence-electron chi connectivity index (χ4n) is 4.49. The first kappa shape index (κ1) is 23.5. The zero-order valence-electron chi connectivity index (χ0n) is 20.0. The van der Waals surface area contributed by atoms with Crippen molar-refractivity contribution >= 4 is 23.1 Å². The third-order valence-electron chi connectivity index (χ3n) is 6.30. The van der Waals surface area contributed by atoms with Crippen molar-refractivity contribution in [3.05, 3.63) is 35.7 Å². The number of carbonyl (C=O) groups excluding carboxylic acids is 1. The Kier molecular flexibility index (Phi) is 5.50. The molecule has 1 N–H and O–H groups in total. The molecule has 35 heavy (non-hydrogen) atoms. The third-order valence-corrected chi connectivity index (χ3v) is 6.30. The van der Waals surface area contributed by atoms with E-state index in [0.717, 1.165) is 36.2 Å². The van der Waals surface area contributed by atoms with Crippen LogP contribution in [-0.4, -0.2) is 50.8 Å². The fraction of sp³-hybridized carbons (Fsp3) is 0.500. The van der Waals surface area contributed by atoms with Crippen LogP contribution in [0.2, 0.25) is 0 Å². The lowest BCUT2D eigenvalue weighted by Gasteiger charge is -2.33. The molecule has 0 aliphatic carbocycles. The molecule has 2 aliphatic heterocycles. The van der Waals surface area contributed by atoms with Crippen LogP contribution in [0.4, 0.5) is 24.8 Å². The van der Waals surface area contributed by atoms with Gasteiger partial charge in [-0.2, -0.15) is 13.2 Å². The number of halogens is 3. The molecular formula is C24H27F3N6O2. The first-order chi connectivity index (χ1) is 16.4. The molecule has 1 amide bonds. The zero-order chi connectivity index (χ0) is 25.1. The van der Waals surface area contributed by atoms with Gasteiger partial charge < -0.3 is 15.0 Å². The minimum absolute atomic E-state index is 0.0846. The van der Waals surface area contributed by atoms with Crippen LogP contribution in [0.1, 0.15) is 44.7 Å². The van der Waals surface area contributed by atoms with Gasteiger partial charge in [-0.25, -0.2) is 14.5 Å². The highest BCUT2D eigenvalue weighted by atomic mass is 19.4. The lowest BCUT2D eigenvalue weighted by molar-refractivity contribution is -0.137. The Morgan fingerprint density at radius 2 is 1.83 bits per heavy atom. The molecule has 0 saturated carbocycles. The summed E-state index contributed by atoms with van der Waals surface area (Å²) in [6, 6.07) is 2.76. The van der Waals surface area contributed by atoms with Crippen LogP contribution in [0.5, 0.6) is 0 Å². The lowest BCUT2D eigenvalue weighted by atomic mass is 9.96. The molecule has 5 rings (SSSR count). The molecule has 186 valence electrons. The van der Waals surface area contributed by atoms with Crippen molar-refractivity contribution < 1.29 is 22.7 Å². The summed E-state index contributed by atoms with van der Waals surface area (Å²) < 4.78 is 49.9. The van der Waals surface area contributed by atoms with Crippen LogP contribution >= 0.6 is 0 Å². The average Bonchev–Trinajstić information content (AvgIpc) is 3.31. The number of rotatable bonds is 3. The van der Waals surface area contributed by atoms with Gasteiger partial charge in [-0.1, -0.05) is 20.8 Å². The molecule has 11 heteroatoms. The molecular weight excluding hydrogens is 461 g/mol. The van der Waals surface area contributed by atoms with Gasteiger partial charge in [-0.15, -0.1) is 5.10 Å². The number of aryl methyl sites for hydroxylation is 1. The number of ether oxygens (including phenoxy) is 1. The number of amides is 1. The largest absolute Gasteiger partial charge is 0.417 e. The number of hydrogen-bond acceptors (Lipinski definition) is 6. The number of morpholine rings is 1. The van der Waals surface area contributed by atoms with Gasteiger partial charge in [0.2, 0.25) is 5.91 Å². The minimum Gasteiger partial charge on any atom is -0.371 e. The molecule has 2 aliphatic rings. The summed E-state index contributed by atoms with van der Waals surface area (Å²) in [6.45, 7) is 8.15. The van der Waals surface area contributed by atoms with Crippen molar-refractivity contribution in [2.24, 2.45) is 5.41 Å². The second-order valence-corrected chi connectivity index (χ2v) is 10.3. The average molecular weight is 489 g/mol. The van der Waals surface area contributed by atoms with Crippen molar-refractivity contribution in [2.45, 2.75) is 58.9 Å².